The summed E-state index contributed by atoms with van der Waals surface area (Å²) < 4.78 is 31.0. The van der Waals surface area contributed by atoms with Crippen LogP contribution in [0.25, 0.3) is 0 Å². The molecule has 0 fully saturated rings. The molecule has 0 aliphatic heterocycles. The van der Waals surface area contributed by atoms with Gasteiger partial charge in [0.1, 0.15) is 0 Å². The van der Waals surface area contributed by atoms with Gasteiger partial charge in [-0.25, -0.2) is 13.1 Å². The number of aromatic nitrogens is 1. The van der Waals surface area contributed by atoms with Gasteiger partial charge in [0.15, 0.2) is 0 Å². The summed E-state index contributed by atoms with van der Waals surface area (Å²) >= 11 is 0. The van der Waals surface area contributed by atoms with Crippen LogP contribution >= 0.6 is 0 Å². The molecule has 102 valence electrons. The first kappa shape index (κ1) is 15.0. The van der Waals surface area contributed by atoms with Crippen molar-refractivity contribution in [2.24, 2.45) is 5.73 Å². The van der Waals surface area contributed by atoms with Gasteiger partial charge in [-0.05, 0) is 12.1 Å². The van der Waals surface area contributed by atoms with Crippen molar-refractivity contribution in [1.29, 1.82) is 0 Å². The molecule has 0 saturated carbocycles. The van der Waals surface area contributed by atoms with Gasteiger partial charge in [-0.2, -0.15) is 0 Å². The Kier molecular flexibility index (Phi) is 6.20. The summed E-state index contributed by atoms with van der Waals surface area (Å²) in [6.45, 7) is 0.468. The van der Waals surface area contributed by atoms with Crippen molar-refractivity contribution in [1.82, 2.24) is 9.71 Å². The van der Waals surface area contributed by atoms with Crippen molar-refractivity contribution in [2.45, 2.75) is 12.5 Å². The van der Waals surface area contributed by atoms with Crippen molar-refractivity contribution >= 4 is 10.0 Å². The van der Waals surface area contributed by atoms with Gasteiger partial charge in [0.25, 0.3) is 0 Å². The van der Waals surface area contributed by atoms with Crippen LogP contribution < -0.4 is 10.5 Å². The first-order valence-electron chi connectivity index (χ1n) is 5.66. The van der Waals surface area contributed by atoms with Gasteiger partial charge in [-0.15, -0.1) is 0 Å². The molecule has 7 heteroatoms. The van der Waals surface area contributed by atoms with Crippen LogP contribution in [0.4, 0.5) is 0 Å². The average Bonchev–Trinajstić information content (AvgIpc) is 2.37. The number of sulfonamides is 1. The Morgan fingerprint density at radius 3 is 2.83 bits per heavy atom. The maximum Gasteiger partial charge on any atom is 0.212 e. The van der Waals surface area contributed by atoms with Crippen molar-refractivity contribution in [3.8, 4) is 0 Å². The third kappa shape index (κ3) is 5.54. The molecule has 1 atom stereocenters. The highest BCUT2D eigenvalue weighted by atomic mass is 32.2. The summed E-state index contributed by atoms with van der Waals surface area (Å²) in [5.74, 6) is -0.00969. The fourth-order valence-corrected chi connectivity index (χ4v) is 2.72. The molecule has 0 radical (unpaired) electrons. The van der Waals surface area contributed by atoms with Crippen molar-refractivity contribution in [3.63, 3.8) is 0 Å². The second-order valence-electron chi connectivity index (χ2n) is 3.90. The first-order valence-corrected chi connectivity index (χ1v) is 7.31. The number of hydrogen-bond acceptors (Lipinski definition) is 5. The molecule has 0 aliphatic rings. The van der Waals surface area contributed by atoms with E-state index in [1.54, 1.807) is 18.3 Å². The number of nitrogens with one attached hydrogen (secondary N) is 1. The van der Waals surface area contributed by atoms with Gasteiger partial charge in [-0.1, -0.05) is 6.07 Å². The zero-order chi connectivity index (χ0) is 13.4. The molecule has 0 aliphatic carbocycles. The fourth-order valence-electron chi connectivity index (χ4n) is 1.45. The second-order valence-corrected chi connectivity index (χ2v) is 5.77. The predicted octanol–water partition coefficient (Wildman–Crippen LogP) is -0.483. The van der Waals surface area contributed by atoms with Crippen LogP contribution in [-0.2, 0) is 21.2 Å². The van der Waals surface area contributed by atoms with Crippen LogP contribution in [0.5, 0.6) is 0 Å². The van der Waals surface area contributed by atoms with E-state index in [2.05, 4.69) is 9.71 Å². The minimum absolute atomic E-state index is 0.00969. The maximum absolute atomic E-state index is 11.8. The van der Waals surface area contributed by atoms with E-state index >= 15 is 0 Å². The van der Waals surface area contributed by atoms with Gasteiger partial charge in [-0.3, -0.25) is 4.98 Å². The molecule has 6 nitrogen and oxygen atoms in total. The Morgan fingerprint density at radius 2 is 2.28 bits per heavy atom. The molecule has 0 amide bonds. The van der Waals surface area contributed by atoms with E-state index in [0.717, 1.165) is 5.69 Å². The average molecular weight is 273 g/mol. The summed E-state index contributed by atoms with van der Waals surface area (Å²) in [4.78, 5) is 4.08. The van der Waals surface area contributed by atoms with E-state index in [9.17, 15) is 8.42 Å². The SMILES string of the molecule is COCC(CN)NS(=O)(=O)CCc1ccccn1. The summed E-state index contributed by atoms with van der Waals surface area (Å²) in [5, 5.41) is 0. The van der Waals surface area contributed by atoms with Crippen LogP contribution in [0.1, 0.15) is 5.69 Å². The summed E-state index contributed by atoms with van der Waals surface area (Å²) in [7, 11) is -1.86. The second kappa shape index (κ2) is 7.42. The minimum atomic E-state index is -3.36. The minimum Gasteiger partial charge on any atom is -0.383 e. The lowest BCUT2D eigenvalue weighted by Gasteiger charge is -2.15. The van der Waals surface area contributed by atoms with Crippen LogP contribution in [0.3, 0.4) is 0 Å². The van der Waals surface area contributed by atoms with Gasteiger partial charge in [0, 0.05) is 32.0 Å². The zero-order valence-corrected chi connectivity index (χ0v) is 11.2. The lowest BCUT2D eigenvalue weighted by atomic mass is 10.3. The highest BCUT2D eigenvalue weighted by Gasteiger charge is 2.16. The highest BCUT2D eigenvalue weighted by molar-refractivity contribution is 7.89. The molecule has 1 rings (SSSR count). The maximum atomic E-state index is 11.8. The summed E-state index contributed by atoms with van der Waals surface area (Å²) in [6.07, 6.45) is 2.02. The van der Waals surface area contributed by atoms with E-state index < -0.39 is 10.0 Å². The summed E-state index contributed by atoms with van der Waals surface area (Å²) in [5.41, 5.74) is 6.20. The molecule has 1 unspecified atom stereocenters. The molecule has 1 aromatic heterocycles. The quantitative estimate of drug-likeness (QED) is 0.667. The van der Waals surface area contributed by atoms with Gasteiger partial charge in [0.2, 0.25) is 10.0 Å². The lowest BCUT2D eigenvalue weighted by molar-refractivity contribution is 0.177. The number of nitrogens with zero attached hydrogens (tertiary/aromatic N) is 1. The zero-order valence-electron chi connectivity index (χ0n) is 10.4. The van der Waals surface area contributed by atoms with Gasteiger partial charge < -0.3 is 10.5 Å². The molecule has 0 spiro atoms. The third-order valence-corrected chi connectivity index (χ3v) is 3.79. The van der Waals surface area contributed by atoms with E-state index in [4.69, 9.17) is 10.5 Å². The lowest BCUT2D eigenvalue weighted by Crippen LogP contribution is -2.44. The molecule has 1 aromatic rings. The Morgan fingerprint density at radius 1 is 1.50 bits per heavy atom. The number of pyridine rings is 1. The van der Waals surface area contributed by atoms with E-state index in [0.29, 0.717) is 6.42 Å². The monoisotopic (exact) mass is 273 g/mol. The molecule has 3 N–H and O–H groups in total. The third-order valence-electron chi connectivity index (χ3n) is 2.35. The largest absolute Gasteiger partial charge is 0.383 e. The van der Waals surface area contributed by atoms with Gasteiger partial charge in [0.05, 0.1) is 18.4 Å². The molecular formula is C11H19N3O3S. The van der Waals surface area contributed by atoms with Crippen LogP contribution in [-0.4, -0.2) is 45.5 Å². The van der Waals surface area contributed by atoms with Crippen molar-refractivity contribution < 1.29 is 13.2 Å². The number of ether oxygens (including phenoxy) is 1. The first-order chi connectivity index (χ1) is 8.57. The van der Waals surface area contributed by atoms with Crippen molar-refractivity contribution in [2.75, 3.05) is 26.0 Å². The van der Waals surface area contributed by atoms with Crippen LogP contribution in [0.2, 0.25) is 0 Å². The molecule has 18 heavy (non-hydrogen) atoms. The molecule has 0 aromatic carbocycles. The number of aryl methyl sites for hydroxylation is 1. The Bertz CT molecular complexity index is 436. The summed E-state index contributed by atoms with van der Waals surface area (Å²) in [6, 6.07) is 5.03. The smallest absolute Gasteiger partial charge is 0.212 e. The standard InChI is InChI=1S/C11H19N3O3S/c1-17-9-11(8-12)14-18(15,16)7-5-10-4-2-3-6-13-10/h2-4,6,11,14H,5,7-9,12H2,1H3. The molecule has 1 heterocycles. The van der Waals surface area contributed by atoms with Crippen LogP contribution in [0.15, 0.2) is 24.4 Å². The normalized spacial score (nSPS) is 13.4. The number of nitrogens with two attached hydrogens (primary N) is 1. The predicted molar refractivity (Wildman–Crippen MR) is 69.6 cm³/mol. The number of methoxy groups -OCH3 is 1. The Labute approximate surface area is 108 Å². The van der Waals surface area contributed by atoms with Gasteiger partial charge >= 0.3 is 0 Å². The Hall–Kier alpha value is -1.02. The van der Waals surface area contributed by atoms with E-state index in [1.165, 1.54) is 7.11 Å². The van der Waals surface area contributed by atoms with Crippen LogP contribution in [0, 0.1) is 0 Å². The van der Waals surface area contributed by atoms with E-state index in [1.807, 2.05) is 6.07 Å². The number of hydrogen-bond donors (Lipinski definition) is 2. The Balaban J connectivity index is 2.49. The topological polar surface area (TPSA) is 94.3 Å². The van der Waals surface area contributed by atoms with E-state index in [-0.39, 0.29) is 24.9 Å². The fraction of sp³-hybridized carbons (Fsp3) is 0.545. The number of rotatable bonds is 8. The molecular weight excluding hydrogens is 254 g/mol. The molecule has 0 bridgehead atoms. The van der Waals surface area contributed by atoms with Crippen molar-refractivity contribution in [3.05, 3.63) is 30.1 Å². The highest BCUT2D eigenvalue weighted by Crippen LogP contribution is 1.98. The molecule has 0 saturated heterocycles.